The minimum atomic E-state index is -0.732. The van der Waals surface area contributed by atoms with Crippen LogP contribution in [0.4, 0.5) is 0 Å². The molecule has 0 spiro atoms. The lowest BCUT2D eigenvalue weighted by Crippen LogP contribution is -2.62. The Morgan fingerprint density at radius 3 is 1.97 bits per heavy atom. The first-order chi connectivity index (χ1) is 16.6. The van der Waals surface area contributed by atoms with Crippen molar-refractivity contribution in [3.63, 3.8) is 0 Å². The first kappa shape index (κ1) is 31.6. The van der Waals surface area contributed by atoms with Crippen LogP contribution in [0.1, 0.15) is 54.0 Å². The van der Waals surface area contributed by atoms with Crippen LogP contribution in [-0.4, -0.2) is 87.1 Å². The van der Waals surface area contributed by atoms with Crippen LogP contribution in [0.5, 0.6) is 0 Å². The summed E-state index contributed by atoms with van der Waals surface area (Å²) < 4.78 is 4.78. The summed E-state index contributed by atoms with van der Waals surface area (Å²) in [6.45, 7) is 14.6. The summed E-state index contributed by atoms with van der Waals surface area (Å²) in [6.07, 6.45) is 0. The van der Waals surface area contributed by atoms with Gasteiger partial charge in [-0.2, -0.15) is 0 Å². The highest BCUT2D eigenvalue weighted by molar-refractivity contribution is 5.91. The quantitative estimate of drug-likeness (QED) is 0.426. The van der Waals surface area contributed by atoms with Crippen LogP contribution in [0.25, 0.3) is 0 Å². The van der Waals surface area contributed by atoms with Crippen molar-refractivity contribution in [2.24, 2.45) is 11.3 Å². The van der Waals surface area contributed by atoms with E-state index in [1.165, 1.54) is 7.11 Å². The normalized spacial score (nSPS) is 14.8. The van der Waals surface area contributed by atoms with E-state index in [4.69, 9.17) is 4.74 Å². The molecule has 0 aliphatic heterocycles. The van der Waals surface area contributed by atoms with Gasteiger partial charge in [-0.15, -0.1) is 0 Å². The number of esters is 1. The van der Waals surface area contributed by atoms with Crippen molar-refractivity contribution in [2.45, 2.75) is 72.0 Å². The third-order valence-electron chi connectivity index (χ3n) is 6.93. The third kappa shape index (κ3) is 8.30. The summed E-state index contributed by atoms with van der Waals surface area (Å²) in [7, 11) is 6.73. The minimum absolute atomic E-state index is 0.137. The number of amides is 2. The smallest absolute Gasteiger partial charge is 0.319 e. The number of carbonyl (C=O) groups is 3. The Morgan fingerprint density at radius 1 is 0.972 bits per heavy atom. The zero-order valence-corrected chi connectivity index (χ0v) is 24.1. The fourth-order valence-electron chi connectivity index (χ4n) is 4.54. The lowest BCUT2D eigenvalue weighted by molar-refractivity contribution is -0.143. The van der Waals surface area contributed by atoms with E-state index in [1.807, 2.05) is 90.7 Å². The van der Waals surface area contributed by atoms with Gasteiger partial charge in [0.15, 0.2) is 0 Å². The van der Waals surface area contributed by atoms with Crippen molar-refractivity contribution >= 4 is 17.8 Å². The molecule has 1 unspecified atom stereocenters. The number of methoxy groups -OCH3 is 1. The molecular weight excluding hydrogens is 456 g/mol. The van der Waals surface area contributed by atoms with Crippen LogP contribution < -0.4 is 10.6 Å². The topological polar surface area (TPSA) is 91.0 Å². The second kappa shape index (κ2) is 13.2. The molecule has 0 radical (unpaired) electrons. The molecule has 2 amide bonds. The van der Waals surface area contributed by atoms with E-state index in [2.05, 4.69) is 10.6 Å². The number of likely N-dealkylation sites (N-methyl/N-ethyl adjacent to an activating group) is 3. The summed E-state index contributed by atoms with van der Waals surface area (Å²) in [6, 6.07) is 8.45. The maximum Gasteiger partial charge on any atom is 0.319 e. The number of rotatable bonds is 12. The molecule has 8 nitrogen and oxygen atoms in total. The van der Waals surface area contributed by atoms with Gasteiger partial charge in [-0.05, 0) is 31.0 Å². The second-order valence-electron chi connectivity index (χ2n) is 11.7. The second-order valence-corrected chi connectivity index (χ2v) is 11.7. The molecule has 0 aliphatic carbocycles. The van der Waals surface area contributed by atoms with Gasteiger partial charge in [-0.25, -0.2) is 0 Å². The summed E-state index contributed by atoms with van der Waals surface area (Å²) in [5.74, 6) is -0.573. The molecule has 0 aliphatic rings. The van der Waals surface area contributed by atoms with Gasteiger partial charge in [-0.1, -0.05) is 78.8 Å². The largest absolute Gasteiger partial charge is 0.468 e. The van der Waals surface area contributed by atoms with Gasteiger partial charge in [0.05, 0.1) is 19.7 Å². The lowest BCUT2D eigenvalue weighted by atomic mass is 9.76. The zero-order valence-electron chi connectivity index (χ0n) is 24.1. The standard InChI is InChI=1S/C28H48N4O4/c1-19(2)21(17-31(9)18-22(33)36-11)32(10)26(35)24(27(3,4)5)30-25(34)23(29-8)28(6,7)20-15-13-12-14-16-20/h12-16,19,21,23-24,29H,17-18H2,1-11H3,(H,30,34)/t21-,23-,24?/m1/s1. The van der Waals surface area contributed by atoms with Gasteiger partial charge in [0.2, 0.25) is 11.8 Å². The molecule has 1 aromatic rings. The lowest BCUT2D eigenvalue weighted by Gasteiger charge is -2.41. The van der Waals surface area contributed by atoms with Crippen molar-refractivity contribution in [1.29, 1.82) is 0 Å². The highest BCUT2D eigenvalue weighted by Gasteiger charge is 2.41. The summed E-state index contributed by atoms with van der Waals surface area (Å²) >= 11 is 0. The average molecular weight is 505 g/mol. The van der Waals surface area contributed by atoms with Gasteiger partial charge < -0.3 is 20.3 Å². The minimum Gasteiger partial charge on any atom is -0.468 e. The Kier molecular flexibility index (Phi) is 11.6. The van der Waals surface area contributed by atoms with Crippen LogP contribution >= 0.6 is 0 Å². The van der Waals surface area contributed by atoms with Crippen LogP contribution in [-0.2, 0) is 24.5 Å². The molecule has 0 bridgehead atoms. The molecule has 3 atom stereocenters. The van der Waals surface area contributed by atoms with E-state index >= 15 is 0 Å². The first-order valence-electron chi connectivity index (χ1n) is 12.6. The van der Waals surface area contributed by atoms with Crippen molar-refractivity contribution < 1.29 is 19.1 Å². The monoisotopic (exact) mass is 504 g/mol. The number of nitrogens with one attached hydrogen (secondary N) is 2. The maximum atomic E-state index is 13.8. The van der Waals surface area contributed by atoms with Gasteiger partial charge in [0, 0.05) is 25.0 Å². The molecule has 0 saturated heterocycles. The van der Waals surface area contributed by atoms with E-state index in [9.17, 15) is 14.4 Å². The molecule has 0 aromatic heterocycles. The zero-order chi connectivity index (χ0) is 27.8. The molecule has 2 N–H and O–H groups in total. The molecule has 1 aromatic carbocycles. The van der Waals surface area contributed by atoms with Crippen LogP contribution in [0.2, 0.25) is 0 Å². The number of carbonyl (C=O) groups excluding carboxylic acids is 3. The number of hydrogen-bond acceptors (Lipinski definition) is 6. The van der Waals surface area contributed by atoms with E-state index in [1.54, 1.807) is 19.0 Å². The van der Waals surface area contributed by atoms with Crippen molar-refractivity contribution in [3.05, 3.63) is 35.9 Å². The number of hydrogen-bond donors (Lipinski definition) is 2. The average Bonchev–Trinajstić information content (AvgIpc) is 2.79. The van der Waals surface area contributed by atoms with Crippen molar-refractivity contribution in [2.75, 3.05) is 41.3 Å². The fraction of sp³-hybridized carbons (Fsp3) is 0.679. The molecule has 36 heavy (non-hydrogen) atoms. The molecule has 0 heterocycles. The number of ether oxygens (including phenoxy) is 1. The predicted octanol–water partition coefficient (Wildman–Crippen LogP) is 2.67. The molecule has 204 valence electrons. The molecule has 1 rings (SSSR count). The van der Waals surface area contributed by atoms with E-state index in [0.29, 0.717) is 6.54 Å². The van der Waals surface area contributed by atoms with E-state index in [-0.39, 0.29) is 36.3 Å². The first-order valence-corrected chi connectivity index (χ1v) is 12.6. The van der Waals surface area contributed by atoms with Crippen molar-refractivity contribution in [1.82, 2.24) is 20.4 Å². The predicted molar refractivity (Wildman–Crippen MR) is 145 cm³/mol. The summed E-state index contributed by atoms with van der Waals surface area (Å²) in [5.41, 5.74) is 0.00763. The molecule has 0 fully saturated rings. The fourth-order valence-corrected chi connectivity index (χ4v) is 4.54. The Balaban J connectivity index is 3.18. The Morgan fingerprint density at radius 2 is 1.53 bits per heavy atom. The number of benzene rings is 1. The third-order valence-corrected chi connectivity index (χ3v) is 6.93. The van der Waals surface area contributed by atoms with Gasteiger partial charge in [-0.3, -0.25) is 19.3 Å². The highest BCUT2D eigenvalue weighted by Crippen LogP contribution is 2.29. The highest BCUT2D eigenvalue weighted by atomic mass is 16.5. The van der Waals surface area contributed by atoms with Gasteiger partial charge >= 0.3 is 5.97 Å². The summed E-state index contributed by atoms with van der Waals surface area (Å²) in [4.78, 5) is 42.7. The summed E-state index contributed by atoms with van der Waals surface area (Å²) in [5, 5.41) is 6.24. The number of nitrogens with zero attached hydrogens (tertiary/aromatic N) is 2. The van der Waals surface area contributed by atoms with Crippen molar-refractivity contribution in [3.8, 4) is 0 Å². The Hall–Kier alpha value is -2.45. The van der Waals surface area contributed by atoms with Gasteiger partial charge in [0.25, 0.3) is 0 Å². The molecule has 8 heteroatoms. The van der Waals surface area contributed by atoms with Crippen LogP contribution in [0, 0.1) is 11.3 Å². The SMILES string of the molecule is CN[C@H](C(=O)NC(C(=O)N(C)[C@H](CN(C)CC(=O)OC)C(C)C)C(C)(C)C)C(C)(C)c1ccccc1. The maximum absolute atomic E-state index is 13.8. The molecular formula is C28H48N4O4. The van der Waals surface area contributed by atoms with Gasteiger partial charge in [0.1, 0.15) is 6.04 Å². The Bertz CT molecular complexity index is 864. The van der Waals surface area contributed by atoms with Crippen LogP contribution in [0.3, 0.4) is 0 Å². The van der Waals surface area contributed by atoms with Crippen LogP contribution in [0.15, 0.2) is 30.3 Å². The van der Waals surface area contributed by atoms with E-state index in [0.717, 1.165) is 5.56 Å². The van der Waals surface area contributed by atoms with E-state index < -0.39 is 22.9 Å². The molecule has 0 saturated carbocycles. The Labute approximate surface area is 218 Å².